The Kier molecular flexibility index (Phi) is 5.25. The largest absolute Gasteiger partial charge is 0.376 e. The molecule has 1 atom stereocenters. The van der Waals surface area contributed by atoms with Crippen molar-refractivity contribution in [1.82, 2.24) is 15.1 Å². The Morgan fingerprint density at radius 3 is 2.96 bits per heavy atom. The van der Waals surface area contributed by atoms with Gasteiger partial charge in [-0.1, -0.05) is 25.1 Å². The molecular formula is C18H23N3O3. The smallest absolute Gasteiger partial charge is 0.272 e. The first-order valence-corrected chi connectivity index (χ1v) is 8.54. The topological polar surface area (TPSA) is 75.3 Å². The number of carbonyl (C=O) groups excluding carboxylic acids is 1. The van der Waals surface area contributed by atoms with Gasteiger partial charge < -0.3 is 9.64 Å². The molecule has 0 saturated carbocycles. The Morgan fingerprint density at radius 2 is 2.17 bits per heavy atom. The SMILES string of the molecule is CCCO[C@@H]1CCCN(C(=O)Cc2n[nH]c(=O)c3ccccc23)C1. The van der Waals surface area contributed by atoms with Crippen molar-refractivity contribution in [3.8, 4) is 0 Å². The lowest BCUT2D eigenvalue weighted by atomic mass is 10.1. The predicted molar refractivity (Wildman–Crippen MR) is 91.9 cm³/mol. The number of nitrogens with zero attached hydrogens (tertiary/aromatic N) is 2. The van der Waals surface area contributed by atoms with Crippen LogP contribution in [0.1, 0.15) is 31.9 Å². The van der Waals surface area contributed by atoms with Gasteiger partial charge in [0.15, 0.2) is 0 Å². The fourth-order valence-corrected chi connectivity index (χ4v) is 3.15. The number of carbonyl (C=O) groups is 1. The highest BCUT2D eigenvalue weighted by atomic mass is 16.5. The van der Waals surface area contributed by atoms with Gasteiger partial charge in [-0.05, 0) is 25.3 Å². The van der Waals surface area contributed by atoms with Crippen molar-refractivity contribution in [2.45, 2.75) is 38.7 Å². The Labute approximate surface area is 140 Å². The highest BCUT2D eigenvalue weighted by Crippen LogP contribution is 2.17. The van der Waals surface area contributed by atoms with E-state index in [1.165, 1.54) is 0 Å². The average molecular weight is 329 g/mol. The van der Waals surface area contributed by atoms with Gasteiger partial charge in [0.05, 0.1) is 23.6 Å². The molecule has 6 heteroatoms. The fourth-order valence-electron chi connectivity index (χ4n) is 3.15. The molecule has 1 aromatic carbocycles. The molecule has 0 spiro atoms. The Bertz CT molecular complexity index is 771. The summed E-state index contributed by atoms with van der Waals surface area (Å²) in [4.78, 5) is 26.3. The van der Waals surface area contributed by atoms with E-state index in [-0.39, 0.29) is 24.0 Å². The first-order valence-electron chi connectivity index (χ1n) is 8.54. The Morgan fingerprint density at radius 1 is 1.38 bits per heavy atom. The maximum atomic E-state index is 12.7. The maximum Gasteiger partial charge on any atom is 0.272 e. The molecule has 0 radical (unpaired) electrons. The molecule has 1 aromatic heterocycles. The van der Waals surface area contributed by atoms with Crippen LogP contribution in [0.5, 0.6) is 0 Å². The number of piperidine rings is 1. The number of hydrogen-bond acceptors (Lipinski definition) is 4. The molecule has 0 unspecified atom stereocenters. The van der Waals surface area contributed by atoms with Crippen LogP contribution < -0.4 is 5.56 Å². The van der Waals surface area contributed by atoms with Crippen LogP contribution in [0.4, 0.5) is 0 Å². The summed E-state index contributed by atoms with van der Waals surface area (Å²) >= 11 is 0. The summed E-state index contributed by atoms with van der Waals surface area (Å²) in [6.07, 6.45) is 3.27. The molecule has 1 amide bonds. The van der Waals surface area contributed by atoms with E-state index in [1.54, 1.807) is 6.07 Å². The number of aromatic nitrogens is 2. The third-order valence-electron chi connectivity index (χ3n) is 4.38. The third-order valence-corrected chi connectivity index (χ3v) is 4.38. The summed E-state index contributed by atoms with van der Waals surface area (Å²) in [6, 6.07) is 7.25. The molecule has 1 N–H and O–H groups in total. The highest BCUT2D eigenvalue weighted by molar-refractivity contribution is 5.88. The number of fused-ring (bicyclic) bond motifs is 1. The average Bonchev–Trinajstić information content (AvgIpc) is 2.63. The summed E-state index contributed by atoms with van der Waals surface area (Å²) in [5, 5.41) is 7.89. The van der Waals surface area contributed by atoms with Gasteiger partial charge in [-0.2, -0.15) is 5.10 Å². The number of nitrogens with one attached hydrogen (secondary N) is 1. The molecular weight excluding hydrogens is 306 g/mol. The zero-order valence-electron chi connectivity index (χ0n) is 14.0. The van der Waals surface area contributed by atoms with Gasteiger partial charge in [0.25, 0.3) is 5.56 Å². The minimum atomic E-state index is -0.229. The maximum absolute atomic E-state index is 12.7. The second-order valence-electron chi connectivity index (χ2n) is 6.20. The molecule has 1 aliphatic heterocycles. The minimum Gasteiger partial charge on any atom is -0.376 e. The molecule has 1 saturated heterocycles. The van der Waals surface area contributed by atoms with E-state index in [0.29, 0.717) is 17.6 Å². The van der Waals surface area contributed by atoms with Crippen molar-refractivity contribution >= 4 is 16.7 Å². The fraction of sp³-hybridized carbons (Fsp3) is 0.500. The van der Waals surface area contributed by atoms with Crippen molar-refractivity contribution < 1.29 is 9.53 Å². The highest BCUT2D eigenvalue weighted by Gasteiger charge is 2.24. The number of benzene rings is 1. The summed E-state index contributed by atoms with van der Waals surface area (Å²) in [7, 11) is 0. The van der Waals surface area contributed by atoms with Crippen molar-refractivity contribution in [2.75, 3.05) is 19.7 Å². The number of aromatic amines is 1. The number of likely N-dealkylation sites (tertiary alicyclic amines) is 1. The summed E-state index contributed by atoms with van der Waals surface area (Å²) in [5.41, 5.74) is 0.389. The Balaban J connectivity index is 1.73. The van der Waals surface area contributed by atoms with Gasteiger partial charge in [-0.25, -0.2) is 5.10 Å². The van der Waals surface area contributed by atoms with Crippen LogP contribution in [0.2, 0.25) is 0 Å². The molecule has 1 aliphatic rings. The van der Waals surface area contributed by atoms with Gasteiger partial charge in [-0.3, -0.25) is 9.59 Å². The summed E-state index contributed by atoms with van der Waals surface area (Å²) < 4.78 is 5.79. The molecule has 2 heterocycles. The van der Waals surface area contributed by atoms with Gasteiger partial charge in [-0.15, -0.1) is 0 Å². The first-order chi connectivity index (χ1) is 11.7. The molecule has 0 aliphatic carbocycles. The molecule has 0 bridgehead atoms. The molecule has 6 nitrogen and oxygen atoms in total. The number of H-pyrrole nitrogens is 1. The lowest BCUT2D eigenvalue weighted by molar-refractivity contribution is -0.134. The van der Waals surface area contributed by atoms with Gasteiger partial charge in [0, 0.05) is 25.1 Å². The Hall–Kier alpha value is -2.21. The van der Waals surface area contributed by atoms with E-state index in [0.717, 1.165) is 37.8 Å². The van der Waals surface area contributed by atoms with E-state index < -0.39 is 0 Å². The summed E-state index contributed by atoms with van der Waals surface area (Å²) in [5.74, 6) is 0.0319. The lowest BCUT2D eigenvalue weighted by Crippen LogP contribution is -2.44. The van der Waals surface area contributed by atoms with Crippen molar-refractivity contribution in [2.24, 2.45) is 0 Å². The van der Waals surface area contributed by atoms with E-state index in [2.05, 4.69) is 17.1 Å². The quantitative estimate of drug-likeness (QED) is 0.909. The number of hydrogen-bond donors (Lipinski definition) is 1. The van der Waals surface area contributed by atoms with Crippen LogP contribution in [-0.2, 0) is 16.0 Å². The molecule has 3 rings (SSSR count). The van der Waals surface area contributed by atoms with E-state index in [9.17, 15) is 9.59 Å². The van der Waals surface area contributed by atoms with Crippen LogP contribution >= 0.6 is 0 Å². The number of amides is 1. The van der Waals surface area contributed by atoms with Crippen molar-refractivity contribution in [3.05, 3.63) is 40.3 Å². The van der Waals surface area contributed by atoms with Crippen molar-refractivity contribution in [3.63, 3.8) is 0 Å². The van der Waals surface area contributed by atoms with Crippen LogP contribution in [0.25, 0.3) is 10.8 Å². The van der Waals surface area contributed by atoms with Crippen LogP contribution in [-0.4, -0.2) is 46.8 Å². The predicted octanol–water partition coefficient (Wildman–Crippen LogP) is 1.88. The van der Waals surface area contributed by atoms with E-state index in [4.69, 9.17) is 4.74 Å². The van der Waals surface area contributed by atoms with Crippen LogP contribution in [0.15, 0.2) is 29.1 Å². The monoisotopic (exact) mass is 329 g/mol. The van der Waals surface area contributed by atoms with Crippen LogP contribution in [0, 0.1) is 0 Å². The van der Waals surface area contributed by atoms with E-state index >= 15 is 0 Å². The summed E-state index contributed by atoms with van der Waals surface area (Å²) in [6.45, 7) is 4.21. The standard InChI is InChI=1S/C18H23N3O3/c1-2-10-24-13-6-5-9-21(12-13)17(22)11-16-14-7-3-4-8-15(14)18(23)20-19-16/h3-4,7-8,13H,2,5-6,9-12H2,1H3,(H,20,23)/t13-/m1/s1. The minimum absolute atomic E-state index is 0.0319. The van der Waals surface area contributed by atoms with Crippen molar-refractivity contribution in [1.29, 1.82) is 0 Å². The number of rotatable bonds is 5. The zero-order chi connectivity index (χ0) is 16.9. The van der Waals surface area contributed by atoms with Gasteiger partial charge in [0.1, 0.15) is 0 Å². The van der Waals surface area contributed by atoms with E-state index in [1.807, 2.05) is 23.1 Å². The van der Waals surface area contributed by atoms with Gasteiger partial charge >= 0.3 is 0 Å². The van der Waals surface area contributed by atoms with Crippen LogP contribution in [0.3, 0.4) is 0 Å². The molecule has 2 aromatic rings. The lowest BCUT2D eigenvalue weighted by Gasteiger charge is -2.32. The third kappa shape index (κ3) is 3.64. The zero-order valence-corrected chi connectivity index (χ0v) is 14.0. The first kappa shape index (κ1) is 16.6. The molecule has 24 heavy (non-hydrogen) atoms. The van der Waals surface area contributed by atoms with Gasteiger partial charge in [0.2, 0.25) is 5.91 Å². The number of ether oxygens (including phenoxy) is 1. The second kappa shape index (κ2) is 7.57. The molecule has 128 valence electrons. The molecule has 1 fully saturated rings. The second-order valence-corrected chi connectivity index (χ2v) is 6.20. The normalized spacial score (nSPS) is 18.0.